The van der Waals surface area contributed by atoms with Gasteiger partial charge in [-0.25, -0.2) is 0 Å². The lowest BCUT2D eigenvalue weighted by molar-refractivity contribution is -0.133. The largest absolute Gasteiger partial charge is 0.349 e. The van der Waals surface area contributed by atoms with Gasteiger partial charge >= 0.3 is 0 Å². The Balaban J connectivity index is -0.000000285. The first-order valence-electron chi connectivity index (χ1n) is 7.43. The van der Waals surface area contributed by atoms with Crippen molar-refractivity contribution in [2.24, 2.45) is 5.92 Å². The van der Waals surface area contributed by atoms with E-state index in [4.69, 9.17) is 0 Å². The molecular weight excluding hydrogens is 210 g/mol. The monoisotopic (exact) mass is 245 g/mol. The molecule has 0 aromatic heterocycles. The summed E-state index contributed by atoms with van der Waals surface area (Å²) in [5.74, 6) is 0.656. The maximum atomic E-state index is 11.4. The van der Waals surface area contributed by atoms with E-state index in [-0.39, 0.29) is 0 Å². The van der Waals surface area contributed by atoms with E-state index in [9.17, 15) is 4.79 Å². The molecule has 0 aliphatic heterocycles. The molecule has 0 radical (unpaired) electrons. The van der Waals surface area contributed by atoms with Crippen molar-refractivity contribution in [3.8, 4) is 0 Å². The molecule has 0 atom stereocenters. The van der Waals surface area contributed by atoms with Gasteiger partial charge in [-0.1, -0.05) is 60.8 Å². The highest BCUT2D eigenvalue weighted by atomic mass is 16.2. The summed E-state index contributed by atoms with van der Waals surface area (Å²) in [4.78, 5) is 13.1. The fraction of sp³-hybridized carbons (Fsp3) is 0.933. The first kappa shape index (κ1) is 21.7. The number of hydrogen-bond acceptors (Lipinski definition) is 1. The summed E-state index contributed by atoms with van der Waals surface area (Å²) < 4.78 is 0. The maximum Gasteiger partial charge on any atom is 0.225 e. The molecule has 0 aromatic rings. The van der Waals surface area contributed by atoms with E-state index in [0.717, 1.165) is 12.8 Å². The van der Waals surface area contributed by atoms with Crippen molar-refractivity contribution in [3.63, 3.8) is 0 Å². The predicted molar refractivity (Wildman–Crippen MR) is 79.3 cm³/mol. The highest BCUT2D eigenvalue weighted by Crippen LogP contribution is 2.24. The van der Waals surface area contributed by atoms with Gasteiger partial charge in [0.05, 0.1) is 0 Å². The summed E-state index contributed by atoms with van der Waals surface area (Å²) in [6.07, 6.45) is 6.01. The second kappa shape index (κ2) is 17.9. The van der Waals surface area contributed by atoms with Gasteiger partial charge in [0.2, 0.25) is 5.91 Å². The lowest BCUT2D eigenvalue weighted by atomic mass is 9.88. The summed E-state index contributed by atoms with van der Waals surface area (Å²) in [6.45, 7) is 12.0. The van der Waals surface area contributed by atoms with Crippen molar-refractivity contribution in [1.82, 2.24) is 4.90 Å². The zero-order valence-electron chi connectivity index (χ0n) is 13.5. The van der Waals surface area contributed by atoms with Crippen molar-refractivity contribution in [3.05, 3.63) is 0 Å². The van der Waals surface area contributed by atoms with E-state index >= 15 is 0 Å². The van der Waals surface area contributed by atoms with Crippen LogP contribution >= 0.6 is 0 Å². The maximum absolute atomic E-state index is 11.4. The molecule has 1 fully saturated rings. The van der Waals surface area contributed by atoms with Crippen LogP contribution in [0.2, 0.25) is 0 Å². The van der Waals surface area contributed by atoms with Gasteiger partial charge in [0.1, 0.15) is 0 Å². The molecule has 1 rings (SSSR count). The first-order chi connectivity index (χ1) is 8.22. The Morgan fingerprint density at radius 3 is 1.47 bits per heavy atom. The van der Waals surface area contributed by atoms with Gasteiger partial charge < -0.3 is 4.90 Å². The van der Waals surface area contributed by atoms with Gasteiger partial charge in [-0.15, -0.1) is 0 Å². The van der Waals surface area contributed by atoms with E-state index < -0.39 is 0 Å². The van der Waals surface area contributed by atoms with Crippen LogP contribution in [-0.4, -0.2) is 24.9 Å². The van der Waals surface area contributed by atoms with E-state index in [1.54, 1.807) is 4.90 Å². The molecule has 2 heteroatoms. The number of nitrogens with zero attached hydrogens (tertiary/aromatic N) is 1. The lowest BCUT2D eigenvalue weighted by Crippen LogP contribution is -2.30. The molecular formula is C15H35NO. The Kier molecular flexibility index (Phi) is 22.8. The molecule has 1 amide bonds. The van der Waals surface area contributed by atoms with Gasteiger partial charge in [-0.05, 0) is 12.8 Å². The SMILES string of the molecule is CC.CC.CC.CN(C)C(=O)C1CCCCC1. The van der Waals surface area contributed by atoms with Crippen LogP contribution in [0.4, 0.5) is 0 Å². The summed E-state index contributed by atoms with van der Waals surface area (Å²) in [6, 6.07) is 0. The van der Waals surface area contributed by atoms with Crippen LogP contribution in [0.5, 0.6) is 0 Å². The third kappa shape index (κ3) is 11.7. The molecule has 106 valence electrons. The predicted octanol–water partition coefficient (Wildman–Crippen LogP) is 4.73. The molecule has 0 aromatic carbocycles. The molecule has 1 saturated carbocycles. The van der Waals surface area contributed by atoms with Gasteiger partial charge in [0.15, 0.2) is 0 Å². The molecule has 0 saturated heterocycles. The standard InChI is InChI=1S/C9H17NO.3C2H6/c1-10(2)9(11)8-6-4-3-5-7-8;3*1-2/h8H,3-7H2,1-2H3;3*1-2H3. The average Bonchev–Trinajstić information content (AvgIpc) is 2.45. The summed E-state index contributed by atoms with van der Waals surface area (Å²) in [7, 11) is 3.69. The third-order valence-corrected chi connectivity index (χ3v) is 2.40. The van der Waals surface area contributed by atoms with Crippen molar-refractivity contribution >= 4 is 5.91 Å². The highest BCUT2D eigenvalue weighted by Gasteiger charge is 2.21. The van der Waals surface area contributed by atoms with Gasteiger partial charge in [0, 0.05) is 20.0 Å². The van der Waals surface area contributed by atoms with Crippen LogP contribution in [-0.2, 0) is 4.79 Å². The van der Waals surface area contributed by atoms with E-state index in [1.807, 2.05) is 55.6 Å². The van der Waals surface area contributed by atoms with E-state index in [0.29, 0.717) is 11.8 Å². The van der Waals surface area contributed by atoms with Gasteiger partial charge in [0.25, 0.3) is 0 Å². The minimum Gasteiger partial charge on any atom is -0.349 e. The second-order valence-electron chi connectivity index (χ2n) is 3.57. The third-order valence-electron chi connectivity index (χ3n) is 2.40. The quantitative estimate of drug-likeness (QED) is 0.654. The van der Waals surface area contributed by atoms with Crippen molar-refractivity contribution < 1.29 is 4.79 Å². The fourth-order valence-corrected chi connectivity index (χ4v) is 1.71. The van der Waals surface area contributed by atoms with Gasteiger partial charge in [-0.2, -0.15) is 0 Å². The van der Waals surface area contributed by atoms with Crippen LogP contribution in [0, 0.1) is 5.92 Å². The summed E-state index contributed by atoms with van der Waals surface area (Å²) in [5, 5.41) is 0. The first-order valence-corrected chi connectivity index (χ1v) is 7.43. The van der Waals surface area contributed by atoms with Crippen LogP contribution in [0.15, 0.2) is 0 Å². The molecule has 2 nitrogen and oxygen atoms in total. The topological polar surface area (TPSA) is 20.3 Å². The number of hydrogen-bond donors (Lipinski definition) is 0. The van der Waals surface area contributed by atoms with Crippen molar-refractivity contribution in [1.29, 1.82) is 0 Å². The number of carbonyl (C=O) groups is 1. The molecule has 1 aliphatic rings. The molecule has 0 unspecified atom stereocenters. The molecule has 0 heterocycles. The average molecular weight is 245 g/mol. The Labute approximate surface area is 110 Å². The summed E-state index contributed by atoms with van der Waals surface area (Å²) >= 11 is 0. The smallest absolute Gasteiger partial charge is 0.225 e. The van der Waals surface area contributed by atoms with E-state index in [2.05, 4.69) is 0 Å². The Hall–Kier alpha value is -0.530. The normalized spacial score (nSPS) is 13.9. The van der Waals surface area contributed by atoms with Gasteiger partial charge in [-0.3, -0.25) is 4.79 Å². The van der Waals surface area contributed by atoms with E-state index in [1.165, 1.54) is 19.3 Å². The minimum atomic E-state index is 0.324. The fourth-order valence-electron chi connectivity index (χ4n) is 1.71. The van der Waals surface area contributed by atoms with Crippen molar-refractivity contribution in [2.45, 2.75) is 73.6 Å². The number of rotatable bonds is 1. The Morgan fingerprint density at radius 1 is 0.824 bits per heavy atom. The molecule has 0 spiro atoms. The second-order valence-corrected chi connectivity index (χ2v) is 3.57. The van der Waals surface area contributed by atoms with Crippen molar-refractivity contribution in [2.75, 3.05) is 14.1 Å². The molecule has 1 aliphatic carbocycles. The zero-order valence-corrected chi connectivity index (χ0v) is 13.5. The minimum absolute atomic E-state index is 0.324. The Bertz CT molecular complexity index is 138. The van der Waals surface area contributed by atoms with Crippen LogP contribution in [0.25, 0.3) is 0 Å². The van der Waals surface area contributed by atoms with Crippen LogP contribution in [0.3, 0.4) is 0 Å². The lowest BCUT2D eigenvalue weighted by Gasteiger charge is -2.23. The molecule has 17 heavy (non-hydrogen) atoms. The molecule has 0 bridgehead atoms. The molecule has 0 N–H and O–H groups in total. The van der Waals surface area contributed by atoms with Crippen LogP contribution < -0.4 is 0 Å². The number of carbonyl (C=O) groups excluding carboxylic acids is 1. The van der Waals surface area contributed by atoms with Crippen LogP contribution in [0.1, 0.15) is 73.6 Å². The zero-order chi connectivity index (χ0) is 14.3. The summed E-state index contributed by atoms with van der Waals surface area (Å²) in [5.41, 5.74) is 0. The Morgan fingerprint density at radius 2 is 1.18 bits per heavy atom. The number of amides is 1. The highest BCUT2D eigenvalue weighted by molar-refractivity contribution is 5.78.